The first-order valence-corrected chi connectivity index (χ1v) is 4.43. The zero-order chi connectivity index (χ0) is 11.0. The molecule has 0 amide bonds. The van der Waals surface area contributed by atoms with E-state index in [4.69, 9.17) is 15.4 Å². The van der Waals surface area contributed by atoms with Gasteiger partial charge in [-0.15, -0.1) is 0 Å². The molecule has 2 N–H and O–H groups in total. The summed E-state index contributed by atoms with van der Waals surface area (Å²) in [5, 5.41) is 22.4. The second-order valence-electron chi connectivity index (χ2n) is 4.18. The summed E-state index contributed by atoms with van der Waals surface area (Å²) < 4.78 is 5.35. The largest absolute Gasteiger partial charge is 0.393 e. The molecule has 6 nitrogen and oxygen atoms in total. The lowest BCUT2D eigenvalue weighted by molar-refractivity contribution is -0.103. The van der Waals surface area contributed by atoms with Crippen molar-refractivity contribution in [3.05, 3.63) is 10.4 Å². The average molecular weight is 201 g/mol. The predicted molar refractivity (Wildman–Crippen MR) is 49.3 cm³/mol. The van der Waals surface area contributed by atoms with Crippen LogP contribution in [0.1, 0.15) is 20.8 Å². The summed E-state index contributed by atoms with van der Waals surface area (Å²) in [6, 6.07) is 0. The molecule has 1 rings (SSSR count). The first kappa shape index (κ1) is 11.3. The molecule has 14 heavy (non-hydrogen) atoms. The Bertz CT molecular complexity index is 275. The fourth-order valence-electron chi connectivity index (χ4n) is 1.64. The molecule has 0 aromatic heterocycles. The maximum absolute atomic E-state index is 9.92. The van der Waals surface area contributed by atoms with Gasteiger partial charge >= 0.3 is 0 Å². The first-order chi connectivity index (χ1) is 6.40. The summed E-state index contributed by atoms with van der Waals surface area (Å²) >= 11 is 0. The van der Waals surface area contributed by atoms with Crippen LogP contribution in [0, 0.1) is 5.41 Å². The highest BCUT2D eigenvalue weighted by Gasteiger charge is 2.57. The highest BCUT2D eigenvalue weighted by molar-refractivity contribution is 5.03. The number of hydrogen-bond donors (Lipinski definition) is 2. The number of aliphatic hydroxyl groups is 2. The third kappa shape index (κ3) is 1.36. The van der Waals surface area contributed by atoms with Crippen LogP contribution < -0.4 is 0 Å². The van der Waals surface area contributed by atoms with Gasteiger partial charge in [0, 0.05) is 10.3 Å². The van der Waals surface area contributed by atoms with Crippen LogP contribution in [0.3, 0.4) is 0 Å². The van der Waals surface area contributed by atoms with Gasteiger partial charge in [0.05, 0.1) is 18.8 Å². The normalized spacial score (nSPS) is 40.6. The molecule has 1 saturated heterocycles. The summed E-state index contributed by atoms with van der Waals surface area (Å²) in [5.74, 6) is 0. The molecule has 0 unspecified atom stereocenters. The number of azide groups is 1. The molecular weight excluding hydrogens is 186 g/mol. The number of rotatable bonds is 2. The summed E-state index contributed by atoms with van der Waals surface area (Å²) in [5.41, 5.74) is 6.28. The van der Waals surface area contributed by atoms with Crippen LogP contribution in [0.15, 0.2) is 5.11 Å². The van der Waals surface area contributed by atoms with Gasteiger partial charge in [0.1, 0.15) is 0 Å². The number of aliphatic hydroxyl groups excluding tert-OH is 2. The number of hydrogen-bond acceptors (Lipinski definition) is 4. The number of nitrogens with zero attached hydrogens (tertiary/aromatic N) is 3. The molecule has 1 aliphatic rings. The van der Waals surface area contributed by atoms with Crippen molar-refractivity contribution in [2.75, 3.05) is 6.61 Å². The Morgan fingerprint density at radius 3 is 2.43 bits per heavy atom. The summed E-state index contributed by atoms with van der Waals surface area (Å²) in [4.78, 5) is 2.59. The van der Waals surface area contributed by atoms with E-state index >= 15 is 0 Å². The first-order valence-electron chi connectivity index (χ1n) is 4.43. The van der Waals surface area contributed by atoms with Crippen LogP contribution in [0.25, 0.3) is 10.4 Å². The van der Waals surface area contributed by atoms with Crippen LogP contribution in [-0.4, -0.2) is 34.8 Å². The monoisotopic (exact) mass is 201 g/mol. The average Bonchev–Trinajstić information content (AvgIpc) is 2.29. The Hall–Kier alpha value is -0.810. The summed E-state index contributed by atoms with van der Waals surface area (Å²) in [6.45, 7) is 4.85. The topological polar surface area (TPSA) is 98.5 Å². The maximum Gasteiger partial charge on any atom is 0.196 e. The zero-order valence-electron chi connectivity index (χ0n) is 8.51. The van der Waals surface area contributed by atoms with E-state index in [0.29, 0.717) is 0 Å². The summed E-state index contributed by atoms with van der Waals surface area (Å²) in [6.07, 6.45) is -1.29. The zero-order valence-corrected chi connectivity index (χ0v) is 8.51. The van der Waals surface area contributed by atoms with Gasteiger partial charge in [-0.3, -0.25) is 0 Å². The maximum atomic E-state index is 9.92. The Morgan fingerprint density at radius 2 is 2.14 bits per heavy atom. The molecule has 0 aliphatic carbocycles. The van der Waals surface area contributed by atoms with Gasteiger partial charge in [-0.1, -0.05) is 19.0 Å². The minimum absolute atomic E-state index is 0.282. The lowest BCUT2D eigenvalue weighted by Gasteiger charge is -2.28. The van der Waals surface area contributed by atoms with Crippen molar-refractivity contribution >= 4 is 0 Å². The molecule has 0 aromatic carbocycles. The fourth-order valence-corrected chi connectivity index (χ4v) is 1.64. The van der Waals surface area contributed by atoms with Crippen molar-refractivity contribution in [2.45, 2.75) is 38.7 Å². The number of ether oxygens (including phenoxy) is 1. The van der Waals surface area contributed by atoms with E-state index in [2.05, 4.69) is 10.0 Å². The van der Waals surface area contributed by atoms with Crippen LogP contribution in [0.5, 0.6) is 0 Å². The molecule has 1 fully saturated rings. The summed E-state index contributed by atoms with van der Waals surface area (Å²) in [7, 11) is 0. The van der Waals surface area contributed by atoms with Gasteiger partial charge in [0.25, 0.3) is 0 Å². The SMILES string of the molecule is C[C@@H]1O[C@@](CO)(N=[N+]=[N-])[C@@H](O)C1(C)C. The second kappa shape index (κ2) is 3.40. The molecule has 0 spiro atoms. The lowest BCUT2D eigenvalue weighted by atomic mass is 9.80. The molecule has 0 aromatic rings. The Morgan fingerprint density at radius 1 is 1.57 bits per heavy atom. The molecule has 0 radical (unpaired) electrons. The van der Waals surface area contributed by atoms with Crippen LogP contribution in [0.4, 0.5) is 0 Å². The van der Waals surface area contributed by atoms with E-state index in [1.165, 1.54) is 0 Å². The van der Waals surface area contributed by atoms with Gasteiger partial charge in [0.2, 0.25) is 0 Å². The smallest absolute Gasteiger partial charge is 0.196 e. The highest BCUT2D eigenvalue weighted by Crippen LogP contribution is 2.44. The Kier molecular flexibility index (Phi) is 2.74. The Balaban J connectivity index is 3.09. The van der Waals surface area contributed by atoms with Crippen LogP contribution >= 0.6 is 0 Å². The minimum Gasteiger partial charge on any atom is -0.393 e. The van der Waals surface area contributed by atoms with Crippen molar-refractivity contribution in [2.24, 2.45) is 10.5 Å². The van der Waals surface area contributed by atoms with Gasteiger partial charge in [-0.05, 0) is 12.5 Å². The quantitative estimate of drug-likeness (QED) is 0.392. The van der Waals surface area contributed by atoms with Crippen LogP contribution in [-0.2, 0) is 4.74 Å². The van der Waals surface area contributed by atoms with Crippen molar-refractivity contribution < 1.29 is 14.9 Å². The van der Waals surface area contributed by atoms with Crippen molar-refractivity contribution in [1.82, 2.24) is 0 Å². The minimum atomic E-state index is -1.53. The van der Waals surface area contributed by atoms with Gasteiger partial charge in [-0.25, -0.2) is 0 Å². The fraction of sp³-hybridized carbons (Fsp3) is 1.00. The van der Waals surface area contributed by atoms with Crippen molar-refractivity contribution in [3.63, 3.8) is 0 Å². The van der Waals surface area contributed by atoms with Crippen molar-refractivity contribution in [3.8, 4) is 0 Å². The predicted octanol–water partition coefficient (Wildman–Crippen LogP) is 0.791. The van der Waals surface area contributed by atoms with Gasteiger partial charge in [-0.2, -0.15) is 0 Å². The van der Waals surface area contributed by atoms with E-state index in [1.807, 2.05) is 0 Å². The molecule has 1 aliphatic heterocycles. The highest BCUT2D eigenvalue weighted by atomic mass is 16.6. The van der Waals surface area contributed by atoms with E-state index in [9.17, 15) is 5.11 Å². The molecule has 80 valence electrons. The third-order valence-corrected chi connectivity index (χ3v) is 3.00. The van der Waals surface area contributed by atoms with E-state index in [-0.39, 0.29) is 6.10 Å². The van der Waals surface area contributed by atoms with Crippen molar-refractivity contribution in [1.29, 1.82) is 0 Å². The second-order valence-corrected chi connectivity index (χ2v) is 4.18. The molecule has 6 heteroatoms. The molecular formula is C8H15N3O3. The van der Waals surface area contributed by atoms with E-state index in [1.54, 1.807) is 20.8 Å². The molecule has 0 saturated carbocycles. The van der Waals surface area contributed by atoms with E-state index in [0.717, 1.165) is 0 Å². The van der Waals surface area contributed by atoms with Gasteiger partial charge in [0.15, 0.2) is 5.72 Å². The molecule has 3 atom stereocenters. The standard InChI is InChI=1S/C8H15N3O3/c1-5-7(2,3)6(13)8(4-12,14-5)10-11-9/h5-6,12-13H,4H2,1-3H3/t5-,6-,8+/m0/s1. The molecule has 0 bridgehead atoms. The molecule has 1 heterocycles. The van der Waals surface area contributed by atoms with Crippen LogP contribution in [0.2, 0.25) is 0 Å². The van der Waals surface area contributed by atoms with Gasteiger partial charge < -0.3 is 14.9 Å². The van der Waals surface area contributed by atoms with E-state index < -0.39 is 23.9 Å². The Labute approximate surface area is 82.1 Å². The lowest BCUT2D eigenvalue weighted by Crippen LogP contribution is -2.45. The third-order valence-electron chi connectivity index (χ3n) is 3.00.